The summed E-state index contributed by atoms with van der Waals surface area (Å²) < 4.78 is 26.9. The van der Waals surface area contributed by atoms with Crippen LogP contribution in [0.2, 0.25) is 0 Å². The molecular weight excluding hydrogens is 286 g/mol. The summed E-state index contributed by atoms with van der Waals surface area (Å²) >= 11 is 0. The van der Waals surface area contributed by atoms with Crippen molar-refractivity contribution in [1.82, 2.24) is 4.90 Å². The van der Waals surface area contributed by atoms with Crippen LogP contribution in [-0.4, -0.2) is 39.5 Å². The van der Waals surface area contributed by atoms with Crippen LogP contribution in [0, 0.1) is 21.7 Å². The highest BCUT2D eigenvalue weighted by molar-refractivity contribution is 5.95. The summed E-state index contributed by atoms with van der Waals surface area (Å²) in [5.74, 6) is -3.29. The summed E-state index contributed by atoms with van der Waals surface area (Å²) in [5, 5.41) is 20.6. The Morgan fingerprint density at radius 2 is 2.05 bits per heavy atom. The average molecular weight is 300 g/mol. The van der Waals surface area contributed by atoms with Crippen LogP contribution in [-0.2, 0) is 0 Å². The number of hydrogen-bond donors (Lipinski definition) is 1. The van der Waals surface area contributed by atoms with Crippen molar-refractivity contribution in [1.29, 1.82) is 0 Å². The van der Waals surface area contributed by atoms with Gasteiger partial charge in [0.1, 0.15) is 5.82 Å². The molecule has 8 heteroatoms. The first kappa shape index (κ1) is 15.3. The molecule has 0 radical (unpaired) electrons. The molecule has 21 heavy (non-hydrogen) atoms. The lowest BCUT2D eigenvalue weighted by atomic mass is 9.88. The van der Waals surface area contributed by atoms with E-state index in [2.05, 4.69) is 0 Å². The molecule has 1 aromatic rings. The van der Waals surface area contributed by atoms with E-state index in [4.69, 9.17) is 0 Å². The highest BCUT2D eigenvalue weighted by Gasteiger charge is 2.43. The lowest BCUT2D eigenvalue weighted by molar-refractivity contribution is -0.387. The van der Waals surface area contributed by atoms with E-state index in [9.17, 15) is 28.8 Å². The Bertz CT molecular complexity index is 600. The van der Waals surface area contributed by atoms with Gasteiger partial charge in [0.25, 0.3) is 5.91 Å². The van der Waals surface area contributed by atoms with Gasteiger partial charge in [0, 0.05) is 12.1 Å². The second kappa shape index (κ2) is 5.36. The Hall–Kier alpha value is -2.09. The van der Waals surface area contributed by atoms with E-state index in [1.165, 1.54) is 4.90 Å². The predicted octanol–water partition coefficient (Wildman–Crippen LogP) is 1.86. The molecule has 0 aromatic heterocycles. The minimum absolute atomic E-state index is 0.0320. The van der Waals surface area contributed by atoms with E-state index in [0.29, 0.717) is 18.6 Å². The minimum atomic E-state index is -1.33. The average Bonchev–Trinajstić information content (AvgIpc) is 2.35. The summed E-state index contributed by atoms with van der Waals surface area (Å²) in [6, 6.07) is 0.910. The number of benzene rings is 1. The van der Waals surface area contributed by atoms with Crippen LogP contribution in [0.4, 0.5) is 14.5 Å². The van der Waals surface area contributed by atoms with Gasteiger partial charge in [-0.15, -0.1) is 0 Å². The van der Waals surface area contributed by atoms with E-state index >= 15 is 0 Å². The van der Waals surface area contributed by atoms with Gasteiger partial charge in [-0.3, -0.25) is 14.9 Å². The van der Waals surface area contributed by atoms with Crippen molar-refractivity contribution < 1.29 is 23.6 Å². The fourth-order valence-corrected chi connectivity index (χ4v) is 2.44. The molecule has 0 aliphatic carbocycles. The molecule has 1 amide bonds. The zero-order chi connectivity index (χ0) is 15.8. The van der Waals surface area contributed by atoms with Gasteiger partial charge in [-0.2, -0.15) is 4.39 Å². The van der Waals surface area contributed by atoms with Crippen molar-refractivity contribution in [2.45, 2.75) is 25.4 Å². The maximum atomic E-state index is 13.6. The summed E-state index contributed by atoms with van der Waals surface area (Å²) in [7, 11) is 0. The fraction of sp³-hybridized carbons (Fsp3) is 0.462. The first-order valence-electron chi connectivity index (χ1n) is 6.42. The van der Waals surface area contributed by atoms with Gasteiger partial charge in [0.2, 0.25) is 5.82 Å². The molecule has 1 heterocycles. The molecule has 1 fully saturated rings. The number of carbonyl (C=O) groups is 1. The van der Waals surface area contributed by atoms with Gasteiger partial charge in [-0.1, -0.05) is 13.3 Å². The molecule has 0 bridgehead atoms. The highest BCUT2D eigenvalue weighted by Crippen LogP contribution is 2.29. The molecule has 1 saturated heterocycles. The third kappa shape index (κ3) is 2.85. The monoisotopic (exact) mass is 300 g/mol. The SMILES string of the molecule is CCCC1(O)CN(C(=O)c2cc([N+](=O)[O-])c(F)cc2F)C1. The third-order valence-corrected chi connectivity index (χ3v) is 3.44. The number of nitro benzene ring substituents is 1. The summed E-state index contributed by atoms with van der Waals surface area (Å²) in [6.07, 6.45) is 1.23. The van der Waals surface area contributed by atoms with Crippen LogP contribution < -0.4 is 0 Å². The van der Waals surface area contributed by atoms with Crippen molar-refractivity contribution in [3.8, 4) is 0 Å². The van der Waals surface area contributed by atoms with Crippen LogP contribution in [0.25, 0.3) is 0 Å². The molecule has 1 aromatic carbocycles. The molecule has 6 nitrogen and oxygen atoms in total. The first-order valence-corrected chi connectivity index (χ1v) is 6.42. The molecule has 0 atom stereocenters. The van der Waals surface area contributed by atoms with E-state index in [-0.39, 0.29) is 13.1 Å². The third-order valence-electron chi connectivity index (χ3n) is 3.44. The van der Waals surface area contributed by atoms with Crippen LogP contribution in [0.3, 0.4) is 0 Å². The van der Waals surface area contributed by atoms with Crippen molar-refractivity contribution >= 4 is 11.6 Å². The second-order valence-electron chi connectivity index (χ2n) is 5.18. The number of carbonyl (C=O) groups excluding carboxylic acids is 1. The quantitative estimate of drug-likeness (QED) is 0.679. The smallest absolute Gasteiger partial charge is 0.305 e. The molecule has 0 spiro atoms. The standard InChI is InChI=1S/C13H14F2N2O4/c1-2-3-13(19)6-16(7-13)12(18)8-4-11(17(20)21)10(15)5-9(8)14/h4-5,19H,2-3,6-7H2,1H3. The van der Waals surface area contributed by atoms with Crippen LogP contribution in [0.15, 0.2) is 12.1 Å². The molecule has 0 saturated carbocycles. The van der Waals surface area contributed by atoms with Crippen LogP contribution in [0.5, 0.6) is 0 Å². The zero-order valence-corrected chi connectivity index (χ0v) is 11.3. The molecule has 0 unspecified atom stereocenters. The van der Waals surface area contributed by atoms with Gasteiger partial charge in [0.05, 0.1) is 29.2 Å². The zero-order valence-electron chi connectivity index (χ0n) is 11.3. The van der Waals surface area contributed by atoms with Crippen LogP contribution in [0.1, 0.15) is 30.1 Å². The largest absolute Gasteiger partial charge is 0.386 e. The number of amides is 1. The van der Waals surface area contributed by atoms with Gasteiger partial charge in [-0.05, 0) is 6.42 Å². The predicted molar refractivity (Wildman–Crippen MR) is 68.8 cm³/mol. The fourth-order valence-electron chi connectivity index (χ4n) is 2.44. The highest BCUT2D eigenvalue weighted by atomic mass is 19.1. The lowest BCUT2D eigenvalue weighted by Crippen LogP contribution is -2.63. The number of hydrogen-bond acceptors (Lipinski definition) is 4. The first-order chi connectivity index (χ1) is 9.77. The Kier molecular flexibility index (Phi) is 3.91. The maximum Gasteiger partial charge on any atom is 0.305 e. The van der Waals surface area contributed by atoms with Crippen molar-refractivity contribution in [3.63, 3.8) is 0 Å². The Labute approximate surface area is 119 Å². The number of nitrogens with zero attached hydrogens (tertiary/aromatic N) is 2. The van der Waals surface area contributed by atoms with E-state index in [0.717, 1.165) is 6.42 Å². The summed E-state index contributed by atoms with van der Waals surface area (Å²) in [4.78, 5) is 22.8. The number of aliphatic hydroxyl groups is 1. The number of likely N-dealkylation sites (tertiary alicyclic amines) is 1. The molecule has 1 aliphatic rings. The van der Waals surface area contributed by atoms with E-state index in [1.807, 2.05) is 6.92 Å². The van der Waals surface area contributed by atoms with E-state index in [1.54, 1.807) is 0 Å². The molecular formula is C13H14F2N2O4. The molecule has 114 valence electrons. The number of rotatable bonds is 4. The number of nitro groups is 1. The second-order valence-corrected chi connectivity index (χ2v) is 5.18. The number of β-amino-alcohol motifs (C(OH)–C–C–N with tert-alkyl or cyclic N) is 1. The Balaban J connectivity index is 2.21. The van der Waals surface area contributed by atoms with Crippen molar-refractivity contribution in [2.75, 3.05) is 13.1 Å². The number of halogens is 2. The minimum Gasteiger partial charge on any atom is -0.386 e. The summed E-state index contributed by atoms with van der Waals surface area (Å²) in [6.45, 7) is 1.94. The van der Waals surface area contributed by atoms with Crippen molar-refractivity contribution in [3.05, 3.63) is 39.4 Å². The van der Waals surface area contributed by atoms with E-state index < -0.39 is 39.3 Å². The van der Waals surface area contributed by atoms with Crippen molar-refractivity contribution in [2.24, 2.45) is 0 Å². The van der Waals surface area contributed by atoms with Gasteiger partial charge in [-0.25, -0.2) is 4.39 Å². The summed E-state index contributed by atoms with van der Waals surface area (Å²) in [5.41, 5.74) is -2.52. The Morgan fingerprint density at radius 3 is 2.57 bits per heavy atom. The van der Waals surface area contributed by atoms with Gasteiger partial charge in [0.15, 0.2) is 0 Å². The normalized spacial score (nSPS) is 16.5. The molecule has 1 aliphatic heterocycles. The molecule has 2 rings (SSSR count). The van der Waals surface area contributed by atoms with Gasteiger partial charge < -0.3 is 10.0 Å². The molecule has 1 N–H and O–H groups in total. The van der Waals surface area contributed by atoms with Gasteiger partial charge >= 0.3 is 5.69 Å². The topological polar surface area (TPSA) is 83.7 Å². The van der Waals surface area contributed by atoms with Crippen LogP contribution >= 0.6 is 0 Å². The lowest BCUT2D eigenvalue weighted by Gasteiger charge is -2.46. The maximum absolute atomic E-state index is 13.6. The Morgan fingerprint density at radius 1 is 1.43 bits per heavy atom.